The highest BCUT2D eigenvalue weighted by atomic mass is 32.2. The zero-order valence-corrected chi connectivity index (χ0v) is 16.6. The van der Waals surface area contributed by atoms with E-state index < -0.39 is 0 Å². The first-order chi connectivity index (χ1) is 12.2. The molecule has 2 saturated carbocycles. The largest absolute Gasteiger partial charge is 0.327 e. The van der Waals surface area contributed by atoms with E-state index in [1.165, 1.54) is 25.7 Å². The van der Waals surface area contributed by atoms with Crippen LogP contribution in [0.25, 0.3) is 0 Å². The Morgan fingerprint density at radius 2 is 1.52 bits per heavy atom. The van der Waals surface area contributed by atoms with Crippen LogP contribution in [0.2, 0.25) is 0 Å². The number of thioether (sulfide) groups is 1. The van der Waals surface area contributed by atoms with Gasteiger partial charge in [-0.25, -0.2) is 4.79 Å². The molecule has 142 valence electrons. The second-order valence-corrected chi connectivity index (χ2v) is 9.15. The number of hydrogen-bond donors (Lipinski definition) is 0. The van der Waals surface area contributed by atoms with Crippen LogP contribution < -0.4 is 0 Å². The van der Waals surface area contributed by atoms with Gasteiger partial charge < -0.3 is 4.90 Å². The number of hydrogen-bond acceptors (Lipinski definition) is 3. The molecule has 0 spiro atoms. The highest BCUT2D eigenvalue weighted by Gasteiger charge is 2.44. The molecule has 0 aromatic carbocycles. The number of amides is 3. The third-order valence-electron chi connectivity index (χ3n) is 6.08. The highest BCUT2D eigenvalue weighted by Crippen LogP contribution is 2.32. The molecule has 0 aromatic rings. The third kappa shape index (κ3) is 4.53. The summed E-state index contributed by atoms with van der Waals surface area (Å²) in [5.41, 5.74) is 0. The van der Waals surface area contributed by atoms with Gasteiger partial charge in [-0.1, -0.05) is 45.4 Å². The van der Waals surface area contributed by atoms with Gasteiger partial charge in [0.05, 0.1) is 5.92 Å². The fourth-order valence-electron chi connectivity index (χ4n) is 4.69. The van der Waals surface area contributed by atoms with Gasteiger partial charge in [-0.05, 0) is 37.9 Å². The molecular weight excluding hydrogens is 332 g/mol. The van der Waals surface area contributed by atoms with Crippen molar-refractivity contribution in [2.75, 3.05) is 18.1 Å². The maximum Gasteiger partial charge on any atom is 0.327 e. The van der Waals surface area contributed by atoms with Crippen LogP contribution in [0.3, 0.4) is 0 Å². The van der Waals surface area contributed by atoms with Crippen molar-refractivity contribution in [3.05, 3.63) is 0 Å². The Balaban J connectivity index is 1.75. The zero-order chi connectivity index (χ0) is 17.6. The molecule has 25 heavy (non-hydrogen) atoms. The standard InChI is InChI=1S/C20H34N2O2S/c1-2-13-25-15-16-14-21(17-9-5-3-6-10-17)20(24)22(19(16)23)18-11-7-4-8-12-18/h16-18H,2-15H2,1H3. The zero-order valence-electron chi connectivity index (χ0n) is 15.8. The Labute approximate surface area is 157 Å². The second kappa shape index (κ2) is 9.29. The van der Waals surface area contributed by atoms with E-state index in [1.807, 2.05) is 11.8 Å². The fourth-order valence-corrected chi connectivity index (χ4v) is 5.68. The van der Waals surface area contributed by atoms with Gasteiger partial charge in [0.1, 0.15) is 0 Å². The lowest BCUT2D eigenvalue weighted by molar-refractivity contribution is -0.138. The van der Waals surface area contributed by atoms with Crippen molar-refractivity contribution in [1.29, 1.82) is 0 Å². The Morgan fingerprint density at radius 3 is 2.12 bits per heavy atom. The van der Waals surface area contributed by atoms with Crippen molar-refractivity contribution in [3.8, 4) is 0 Å². The molecule has 1 heterocycles. The van der Waals surface area contributed by atoms with Crippen LogP contribution in [-0.4, -0.2) is 51.9 Å². The number of imide groups is 1. The third-order valence-corrected chi connectivity index (χ3v) is 7.41. The summed E-state index contributed by atoms with van der Waals surface area (Å²) in [6, 6.07) is 0.540. The molecule has 1 unspecified atom stereocenters. The highest BCUT2D eigenvalue weighted by molar-refractivity contribution is 7.99. The molecule has 3 amide bonds. The molecular formula is C20H34N2O2S. The number of nitrogens with zero attached hydrogens (tertiary/aromatic N) is 2. The van der Waals surface area contributed by atoms with Crippen molar-refractivity contribution in [1.82, 2.24) is 9.80 Å². The van der Waals surface area contributed by atoms with Crippen LogP contribution in [-0.2, 0) is 4.79 Å². The maximum atomic E-state index is 13.2. The monoisotopic (exact) mass is 366 g/mol. The van der Waals surface area contributed by atoms with E-state index >= 15 is 0 Å². The second-order valence-electron chi connectivity index (χ2n) is 8.00. The summed E-state index contributed by atoms with van der Waals surface area (Å²) in [7, 11) is 0. The average Bonchev–Trinajstić information content (AvgIpc) is 2.65. The number of carbonyl (C=O) groups is 2. The van der Waals surface area contributed by atoms with Crippen molar-refractivity contribution in [2.45, 2.75) is 89.6 Å². The molecule has 5 heteroatoms. The number of urea groups is 1. The Morgan fingerprint density at radius 1 is 0.920 bits per heavy atom. The summed E-state index contributed by atoms with van der Waals surface area (Å²) in [5.74, 6) is 2.09. The normalized spacial score (nSPS) is 27.2. The molecule has 1 atom stereocenters. The molecule has 4 nitrogen and oxygen atoms in total. The molecule has 3 aliphatic rings. The average molecular weight is 367 g/mol. The summed E-state index contributed by atoms with van der Waals surface area (Å²) in [6.45, 7) is 2.84. The molecule has 3 rings (SSSR count). The summed E-state index contributed by atoms with van der Waals surface area (Å²) >= 11 is 1.88. The fraction of sp³-hybridized carbons (Fsp3) is 0.900. The minimum Gasteiger partial charge on any atom is -0.320 e. The van der Waals surface area contributed by atoms with Crippen LogP contribution in [0.1, 0.15) is 77.6 Å². The van der Waals surface area contributed by atoms with Crippen LogP contribution in [0, 0.1) is 5.92 Å². The Kier molecular flexibility index (Phi) is 7.08. The quantitative estimate of drug-likeness (QED) is 0.641. The topological polar surface area (TPSA) is 40.6 Å². The van der Waals surface area contributed by atoms with Crippen molar-refractivity contribution in [2.24, 2.45) is 5.92 Å². The minimum atomic E-state index is -0.00176. The summed E-state index contributed by atoms with van der Waals surface area (Å²) in [4.78, 5) is 30.1. The van der Waals surface area contributed by atoms with E-state index in [1.54, 1.807) is 4.90 Å². The van der Waals surface area contributed by atoms with E-state index in [9.17, 15) is 9.59 Å². The first-order valence-corrected chi connectivity index (χ1v) is 11.6. The summed E-state index contributed by atoms with van der Waals surface area (Å²) in [5, 5.41) is 0. The molecule has 1 aliphatic heterocycles. The first-order valence-electron chi connectivity index (χ1n) is 10.4. The Hall–Kier alpha value is -0.710. The lowest BCUT2D eigenvalue weighted by atomic mass is 9.90. The van der Waals surface area contributed by atoms with Crippen LogP contribution in [0.5, 0.6) is 0 Å². The van der Waals surface area contributed by atoms with Crippen molar-refractivity contribution in [3.63, 3.8) is 0 Å². The predicted octanol–water partition coefficient (Wildman–Crippen LogP) is 4.68. The molecule has 0 N–H and O–H groups in total. The van der Waals surface area contributed by atoms with Crippen LogP contribution in [0.15, 0.2) is 0 Å². The van der Waals surface area contributed by atoms with Gasteiger partial charge in [0, 0.05) is 24.4 Å². The summed E-state index contributed by atoms with van der Waals surface area (Å²) in [6.07, 6.45) is 12.7. The SMILES string of the molecule is CCCSCC1CN(C2CCCCC2)C(=O)N(C2CCCCC2)C1=O. The molecule has 1 saturated heterocycles. The summed E-state index contributed by atoms with van der Waals surface area (Å²) < 4.78 is 0. The van der Waals surface area contributed by atoms with E-state index in [0.717, 1.165) is 56.5 Å². The van der Waals surface area contributed by atoms with E-state index in [0.29, 0.717) is 12.6 Å². The minimum absolute atomic E-state index is 0.00176. The van der Waals surface area contributed by atoms with Gasteiger partial charge in [-0.3, -0.25) is 9.69 Å². The maximum absolute atomic E-state index is 13.2. The number of carbonyl (C=O) groups excluding carboxylic acids is 2. The van der Waals surface area contributed by atoms with Crippen LogP contribution in [0.4, 0.5) is 4.79 Å². The molecule has 0 radical (unpaired) electrons. The first kappa shape index (κ1) is 19.1. The van der Waals surface area contributed by atoms with E-state index in [2.05, 4.69) is 11.8 Å². The van der Waals surface area contributed by atoms with Crippen molar-refractivity contribution < 1.29 is 9.59 Å². The molecule has 0 aromatic heterocycles. The van der Waals surface area contributed by atoms with Gasteiger partial charge in [-0.15, -0.1) is 0 Å². The lowest BCUT2D eigenvalue weighted by Gasteiger charge is -2.46. The van der Waals surface area contributed by atoms with E-state index in [-0.39, 0.29) is 23.9 Å². The molecule has 3 fully saturated rings. The van der Waals surface area contributed by atoms with Crippen molar-refractivity contribution >= 4 is 23.7 Å². The molecule has 2 aliphatic carbocycles. The molecule has 0 bridgehead atoms. The van der Waals surface area contributed by atoms with Gasteiger partial charge in [0.15, 0.2) is 0 Å². The van der Waals surface area contributed by atoms with Crippen LogP contribution >= 0.6 is 11.8 Å². The van der Waals surface area contributed by atoms with Gasteiger partial charge in [-0.2, -0.15) is 11.8 Å². The number of rotatable bonds is 6. The van der Waals surface area contributed by atoms with Gasteiger partial charge in [0.2, 0.25) is 5.91 Å². The van der Waals surface area contributed by atoms with Gasteiger partial charge in [0.25, 0.3) is 0 Å². The lowest BCUT2D eigenvalue weighted by Crippen LogP contribution is -2.63. The smallest absolute Gasteiger partial charge is 0.320 e. The van der Waals surface area contributed by atoms with E-state index in [4.69, 9.17) is 0 Å². The Bertz CT molecular complexity index is 459. The van der Waals surface area contributed by atoms with Gasteiger partial charge >= 0.3 is 6.03 Å². The predicted molar refractivity (Wildman–Crippen MR) is 104 cm³/mol.